The topological polar surface area (TPSA) is 32.8 Å². The van der Waals surface area contributed by atoms with E-state index in [4.69, 9.17) is 4.74 Å². The van der Waals surface area contributed by atoms with Gasteiger partial charge in [-0.05, 0) is 37.1 Å². The molecule has 22 heavy (non-hydrogen) atoms. The molecule has 1 aliphatic heterocycles. The third-order valence-electron chi connectivity index (χ3n) is 7.25. The Balaban J connectivity index is 1.51. The Morgan fingerprint density at radius 1 is 1.14 bits per heavy atom. The predicted molar refractivity (Wildman–Crippen MR) is 87.7 cm³/mol. The first-order valence-corrected chi connectivity index (χ1v) is 9.01. The fourth-order valence-electron chi connectivity index (χ4n) is 4.95. The van der Waals surface area contributed by atoms with E-state index in [9.17, 15) is 4.79 Å². The highest BCUT2D eigenvalue weighted by molar-refractivity contribution is 5.72. The molecule has 3 aliphatic rings. The second kappa shape index (κ2) is 5.79. The number of rotatable bonds is 4. The van der Waals surface area contributed by atoms with Crippen LogP contribution < -0.4 is 0 Å². The highest BCUT2D eigenvalue weighted by Gasteiger charge is 2.62. The zero-order valence-corrected chi connectivity index (χ0v) is 14.7. The van der Waals surface area contributed by atoms with E-state index >= 15 is 0 Å². The van der Waals surface area contributed by atoms with Gasteiger partial charge in [0.1, 0.15) is 6.10 Å². The molecule has 3 rings (SSSR count). The molecule has 0 N–H and O–H groups in total. The summed E-state index contributed by atoms with van der Waals surface area (Å²) in [5, 5.41) is 0. The van der Waals surface area contributed by atoms with Crippen LogP contribution in [0.5, 0.6) is 0 Å². The van der Waals surface area contributed by atoms with Gasteiger partial charge >= 0.3 is 5.97 Å². The molecule has 3 fully saturated rings. The van der Waals surface area contributed by atoms with Gasteiger partial charge in [-0.3, -0.25) is 9.69 Å². The molecule has 0 aromatic rings. The molecule has 1 heterocycles. The summed E-state index contributed by atoms with van der Waals surface area (Å²) in [6.45, 7) is 14.9. The van der Waals surface area contributed by atoms with Crippen molar-refractivity contribution in [2.75, 3.05) is 39.3 Å². The molecule has 4 heteroatoms. The van der Waals surface area contributed by atoms with E-state index in [0.717, 1.165) is 45.1 Å². The van der Waals surface area contributed by atoms with Crippen LogP contribution in [0.4, 0.5) is 0 Å². The molecule has 3 atom stereocenters. The second-order valence-corrected chi connectivity index (χ2v) is 8.30. The predicted octanol–water partition coefficient (Wildman–Crippen LogP) is 2.38. The van der Waals surface area contributed by atoms with Crippen molar-refractivity contribution in [2.45, 2.75) is 53.1 Å². The molecule has 1 saturated heterocycles. The van der Waals surface area contributed by atoms with E-state index in [1.165, 1.54) is 12.8 Å². The van der Waals surface area contributed by atoms with Crippen LogP contribution in [0.1, 0.15) is 47.0 Å². The van der Waals surface area contributed by atoms with Crippen molar-refractivity contribution in [1.29, 1.82) is 0 Å². The Morgan fingerprint density at radius 2 is 1.77 bits per heavy atom. The highest BCUT2D eigenvalue weighted by atomic mass is 16.5. The van der Waals surface area contributed by atoms with Gasteiger partial charge in [0.25, 0.3) is 0 Å². The molecule has 0 amide bonds. The lowest BCUT2D eigenvalue weighted by molar-refractivity contribution is -0.158. The summed E-state index contributed by atoms with van der Waals surface area (Å²) in [7, 11) is 0. The van der Waals surface area contributed by atoms with E-state index in [1.54, 1.807) is 0 Å². The molecule has 2 saturated carbocycles. The van der Waals surface area contributed by atoms with E-state index < -0.39 is 0 Å². The number of likely N-dealkylation sites (N-methyl/N-ethyl adjacent to an activating group) is 1. The van der Waals surface area contributed by atoms with Crippen molar-refractivity contribution < 1.29 is 9.53 Å². The van der Waals surface area contributed by atoms with Gasteiger partial charge in [-0.25, -0.2) is 0 Å². The Hall–Kier alpha value is -0.610. The van der Waals surface area contributed by atoms with Crippen molar-refractivity contribution in [3.8, 4) is 0 Å². The third-order valence-corrected chi connectivity index (χ3v) is 7.25. The summed E-state index contributed by atoms with van der Waals surface area (Å²) in [6, 6.07) is 0. The van der Waals surface area contributed by atoms with Crippen LogP contribution in [0.3, 0.4) is 0 Å². The fraction of sp³-hybridized carbons (Fsp3) is 0.944. The van der Waals surface area contributed by atoms with E-state index in [-0.39, 0.29) is 17.5 Å². The van der Waals surface area contributed by atoms with Crippen molar-refractivity contribution in [3.05, 3.63) is 0 Å². The van der Waals surface area contributed by atoms with Crippen LogP contribution in [-0.2, 0) is 9.53 Å². The average Bonchev–Trinajstić information content (AvgIpc) is 2.81. The van der Waals surface area contributed by atoms with E-state index in [2.05, 4.69) is 37.5 Å². The quantitative estimate of drug-likeness (QED) is 0.747. The number of fused-ring (bicyclic) bond motifs is 2. The van der Waals surface area contributed by atoms with E-state index in [1.807, 2.05) is 0 Å². The van der Waals surface area contributed by atoms with Crippen LogP contribution in [0, 0.1) is 16.7 Å². The maximum atomic E-state index is 12.4. The van der Waals surface area contributed by atoms with Crippen LogP contribution in [0.25, 0.3) is 0 Å². The maximum absolute atomic E-state index is 12.4. The third kappa shape index (κ3) is 2.58. The molecule has 2 aliphatic carbocycles. The lowest BCUT2D eigenvalue weighted by Gasteiger charge is -2.39. The van der Waals surface area contributed by atoms with Gasteiger partial charge in [0.2, 0.25) is 0 Å². The molecule has 126 valence electrons. The number of esters is 1. The van der Waals surface area contributed by atoms with Crippen molar-refractivity contribution in [1.82, 2.24) is 9.80 Å². The number of piperazine rings is 1. The normalized spacial score (nSPS) is 38.4. The van der Waals surface area contributed by atoms with Crippen molar-refractivity contribution in [3.63, 3.8) is 0 Å². The molecular weight excluding hydrogens is 276 g/mol. The largest absolute Gasteiger partial charge is 0.461 e. The minimum Gasteiger partial charge on any atom is -0.461 e. The smallest absolute Gasteiger partial charge is 0.320 e. The van der Waals surface area contributed by atoms with Crippen molar-refractivity contribution >= 4 is 5.97 Å². The Bertz CT molecular complexity index is 429. The SMILES string of the molecule is CCN1CCN(CC(=O)O[C@@H]2C[C@@H]3CC[C@@]2(C)C3(C)C)CC1. The van der Waals surface area contributed by atoms with Gasteiger partial charge < -0.3 is 9.64 Å². The summed E-state index contributed by atoms with van der Waals surface area (Å²) in [5.41, 5.74) is 0.485. The first kappa shape index (κ1) is 16.3. The fourth-order valence-corrected chi connectivity index (χ4v) is 4.95. The Labute approximate surface area is 135 Å². The van der Waals surface area contributed by atoms with Crippen molar-refractivity contribution in [2.24, 2.45) is 16.7 Å². The minimum atomic E-state index is -0.0143. The number of hydrogen-bond acceptors (Lipinski definition) is 4. The van der Waals surface area contributed by atoms with Crippen LogP contribution in [0.2, 0.25) is 0 Å². The van der Waals surface area contributed by atoms with Gasteiger partial charge in [0, 0.05) is 31.6 Å². The molecule has 0 aromatic heterocycles. The maximum Gasteiger partial charge on any atom is 0.320 e. The van der Waals surface area contributed by atoms with Gasteiger partial charge in [-0.1, -0.05) is 27.7 Å². The molecule has 0 spiro atoms. The summed E-state index contributed by atoms with van der Waals surface area (Å²) in [4.78, 5) is 17.0. The number of carbonyl (C=O) groups excluding carboxylic acids is 1. The first-order valence-electron chi connectivity index (χ1n) is 9.01. The summed E-state index contributed by atoms with van der Waals surface area (Å²) < 4.78 is 5.95. The Morgan fingerprint density at radius 3 is 2.27 bits per heavy atom. The first-order chi connectivity index (χ1) is 10.4. The molecule has 0 aromatic carbocycles. The summed E-state index contributed by atoms with van der Waals surface area (Å²) in [6.07, 6.45) is 3.71. The van der Waals surface area contributed by atoms with Crippen LogP contribution in [-0.4, -0.2) is 61.1 Å². The number of nitrogens with zero attached hydrogens (tertiary/aromatic N) is 2. The molecule has 0 unspecified atom stereocenters. The average molecular weight is 308 g/mol. The molecule has 2 bridgehead atoms. The monoisotopic (exact) mass is 308 g/mol. The van der Waals surface area contributed by atoms with Gasteiger partial charge in [0.15, 0.2) is 0 Å². The second-order valence-electron chi connectivity index (χ2n) is 8.30. The summed E-state index contributed by atoms with van der Waals surface area (Å²) in [5.74, 6) is 0.711. The lowest BCUT2D eigenvalue weighted by Crippen LogP contribution is -2.48. The zero-order chi connectivity index (χ0) is 16.0. The molecule has 4 nitrogen and oxygen atoms in total. The van der Waals surface area contributed by atoms with Gasteiger partial charge in [0.05, 0.1) is 6.54 Å². The van der Waals surface area contributed by atoms with Gasteiger partial charge in [-0.15, -0.1) is 0 Å². The van der Waals surface area contributed by atoms with E-state index in [0.29, 0.717) is 12.0 Å². The zero-order valence-electron chi connectivity index (χ0n) is 14.7. The Kier molecular flexibility index (Phi) is 4.28. The van der Waals surface area contributed by atoms with Gasteiger partial charge in [-0.2, -0.15) is 0 Å². The number of ether oxygens (including phenoxy) is 1. The molecular formula is C18H32N2O2. The highest BCUT2D eigenvalue weighted by Crippen LogP contribution is 2.66. The van der Waals surface area contributed by atoms with Crippen LogP contribution >= 0.6 is 0 Å². The number of hydrogen-bond donors (Lipinski definition) is 0. The minimum absolute atomic E-state index is 0.0143. The molecule has 0 radical (unpaired) electrons. The standard InChI is InChI=1S/C18H32N2O2/c1-5-19-8-10-20(11-9-19)13-16(21)22-15-12-14-6-7-18(15,4)17(14,2)3/h14-15H,5-13H2,1-4H3/t14-,15+,18+/m0/s1. The summed E-state index contributed by atoms with van der Waals surface area (Å²) >= 11 is 0. The number of carbonyl (C=O) groups is 1. The lowest BCUT2D eigenvalue weighted by atomic mass is 9.70. The van der Waals surface area contributed by atoms with Crippen LogP contribution in [0.15, 0.2) is 0 Å².